The minimum absolute atomic E-state index is 0.00515. The molecule has 1 spiro atoms. The molecule has 13 atom stereocenters. The van der Waals surface area contributed by atoms with Crippen LogP contribution in [0.5, 0.6) is 0 Å². The van der Waals surface area contributed by atoms with Crippen LogP contribution in [0.4, 0.5) is 13.2 Å². The van der Waals surface area contributed by atoms with E-state index in [-0.39, 0.29) is 102 Å². The van der Waals surface area contributed by atoms with E-state index in [1.54, 1.807) is 19.9 Å². The number of nitrogens with zero attached hydrogens (tertiary/aromatic N) is 9. The summed E-state index contributed by atoms with van der Waals surface area (Å²) in [6.07, 6.45) is 4.17. The molecule has 0 radical (unpaired) electrons. The van der Waals surface area contributed by atoms with Gasteiger partial charge in [-0.3, -0.25) is 57.5 Å². The van der Waals surface area contributed by atoms with Gasteiger partial charge in [-0.05, 0) is 125 Å². The molecule has 29 heteroatoms. The molecule has 106 heavy (non-hydrogen) atoms. The highest BCUT2D eigenvalue weighted by molar-refractivity contribution is 6.01. The number of alkyl halides is 3. The summed E-state index contributed by atoms with van der Waals surface area (Å²) in [6, 6.07) is -10.1. The third-order valence-corrected chi connectivity index (χ3v) is 24.3. The van der Waals surface area contributed by atoms with E-state index < -0.39 is 186 Å². The SMILES string of the molecule is CCC[C@H]1C(=O)N[C@@H]([C@@H](C)CC)C(=O)N(C)CC(=O)N(C)[C@H]2C/C=C\CCN(C2=O)[C@@H](CC2CCC(C)CC2)C(=O)N(C)CC(=O)N[C@@H](CCC2CCC(C(F)(F)F)C(OC)C2)C(=O)N2C[C@H](OCC)C[C@H]2C(=O)NC2(CC(C)(C)C2)C(=O)N(C)[C@@H](C2CCCC2)C(=O)N(C)[C@H](C(=O)N(C)C)CC(=O)N1C. The van der Waals surface area contributed by atoms with E-state index in [2.05, 4.69) is 22.9 Å². The van der Waals surface area contributed by atoms with Gasteiger partial charge in [0, 0.05) is 89.6 Å². The van der Waals surface area contributed by atoms with Gasteiger partial charge in [-0.2, -0.15) is 13.2 Å². The maximum absolute atomic E-state index is 15.8. The first-order valence-corrected chi connectivity index (χ1v) is 39.0. The van der Waals surface area contributed by atoms with Crippen molar-refractivity contribution in [2.75, 3.05) is 96.3 Å². The van der Waals surface area contributed by atoms with Gasteiger partial charge in [0.15, 0.2) is 0 Å². The van der Waals surface area contributed by atoms with Crippen LogP contribution >= 0.6 is 0 Å². The van der Waals surface area contributed by atoms with Crippen molar-refractivity contribution in [3.63, 3.8) is 0 Å². The van der Waals surface area contributed by atoms with Crippen molar-refractivity contribution >= 4 is 70.9 Å². The van der Waals surface area contributed by atoms with Crippen LogP contribution in [-0.2, 0) is 67.0 Å². The fourth-order valence-corrected chi connectivity index (χ4v) is 17.9. The maximum Gasteiger partial charge on any atom is 0.394 e. The van der Waals surface area contributed by atoms with Crippen LogP contribution in [0.3, 0.4) is 0 Å². The lowest BCUT2D eigenvalue weighted by atomic mass is 9.58. The Labute approximate surface area is 626 Å². The summed E-state index contributed by atoms with van der Waals surface area (Å²) < 4.78 is 54.6. The Balaban J connectivity index is 1.33. The third kappa shape index (κ3) is 20.9. The number of carbonyl (C=O) groups excluding carboxylic acids is 12. The zero-order valence-corrected chi connectivity index (χ0v) is 66.1. The Kier molecular flexibility index (Phi) is 30.5. The molecule has 3 aliphatic heterocycles. The lowest BCUT2D eigenvalue weighted by Crippen LogP contribution is -2.71. The minimum Gasteiger partial charge on any atom is -0.381 e. The van der Waals surface area contributed by atoms with Gasteiger partial charge in [0.2, 0.25) is 70.9 Å². The Bertz CT molecular complexity index is 3150. The molecular weight excluding hydrogens is 1370 g/mol. The summed E-state index contributed by atoms with van der Waals surface area (Å²) in [6.45, 7) is 12.2. The molecule has 4 saturated carbocycles. The predicted octanol–water partition coefficient (Wildman–Crippen LogP) is 5.93. The van der Waals surface area contributed by atoms with Crippen molar-refractivity contribution in [1.29, 1.82) is 0 Å². The third-order valence-electron chi connectivity index (χ3n) is 24.3. The molecular formula is C77H125F3N12O14. The van der Waals surface area contributed by atoms with Crippen LogP contribution in [0.15, 0.2) is 12.2 Å². The average Bonchev–Trinajstić information content (AvgIpc) is 0.820. The summed E-state index contributed by atoms with van der Waals surface area (Å²) in [5, 5.41) is 8.88. The number of fused-ring (bicyclic) bond motifs is 3. The summed E-state index contributed by atoms with van der Waals surface area (Å²) >= 11 is 0. The molecule has 0 aromatic heterocycles. The molecule has 2 saturated heterocycles. The van der Waals surface area contributed by atoms with Crippen molar-refractivity contribution in [2.24, 2.45) is 40.9 Å². The van der Waals surface area contributed by atoms with E-state index in [9.17, 15) is 41.9 Å². The van der Waals surface area contributed by atoms with Crippen molar-refractivity contribution < 1.29 is 80.2 Å². The first-order chi connectivity index (χ1) is 49.8. The smallest absolute Gasteiger partial charge is 0.381 e. The van der Waals surface area contributed by atoms with Crippen molar-refractivity contribution in [2.45, 2.75) is 268 Å². The van der Waals surface area contributed by atoms with E-state index in [0.717, 1.165) is 38.5 Å². The number of methoxy groups -OCH3 is 1. The second-order valence-electron chi connectivity index (χ2n) is 33.0. The van der Waals surface area contributed by atoms with Crippen LogP contribution in [0.25, 0.3) is 0 Å². The lowest BCUT2D eigenvalue weighted by Gasteiger charge is -2.54. The summed E-state index contributed by atoms with van der Waals surface area (Å²) in [5.41, 5.74) is -2.17. The average molecular weight is 1500 g/mol. The van der Waals surface area contributed by atoms with Crippen LogP contribution in [0, 0.1) is 40.9 Å². The van der Waals surface area contributed by atoms with Crippen molar-refractivity contribution in [3.05, 3.63) is 12.2 Å². The van der Waals surface area contributed by atoms with Gasteiger partial charge >= 0.3 is 6.18 Å². The molecule has 12 amide bonds. The minimum atomic E-state index is -4.52. The number of carbonyl (C=O) groups is 12. The highest BCUT2D eigenvalue weighted by Gasteiger charge is 2.59. The quantitative estimate of drug-likeness (QED) is 0.170. The number of ether oxygens (including phenoxy) is 2. The molecule has 2 bridgehead atoms. The van der Waals surface area contributed by atoms with Gasteiger partial charge in [0.05, 0.1) is 37.6 Å². The number of hydrogen-bond acceptors (Lipinski definition) is 14. The first-order valence-electron chi connectivity index (χ1n) is 39.0. The Hall–Kier alpha value is -6.91. The van der Waals surface area contributed by atoms with Crippen LogP contribution in [0.2, 0.25) is 0 Å². The van der Waals surface area contributed by atoms with Crippen LogP contribution in [-0.4, -0.2) is 284 Å². The standard InChI is InChI=1S/C77H125F3N12O14/c1-17-25-55-66(96)82-64(48(5)18-2)72(102)86(11)44-63(95)88(13)56-28-21-20-24-37-91(71(56)101)59(38-49-31-29-47(4)30-32-49)70(100)85(10)43-61(93)81-54(36-34-50-33-35-53(77(78,79)80)60(39-50)105-16)68(98)92-42-52(106-19-3)40-57(92)67(97)83-76(45-75(6,7)46-76)74(104)90(15)65(51-26-22-23-27-51)73(103)89(14)58(69(99)84(8)9)41-62(94)87(55)12/h20-21,47-60,64-65H,17-19,22-46H2,1-16H3,(H,81,93)(H,82,96)(H,83,97)/b21-20-/t47?,48-,49?,50?,52+,53?,54-,55-,56-,57-,58-,59-,60?,64-,65-/m0/s1. The number of hydrogen-bond donors (Lipinski definition) is 3. The maximum atomic E-state index is 15.8. The molecule has 0 aromatic carbocycles. The van der Waals surface area contributed by atoms with Gasteiger partial charge in [0.1, 0.15) is 53.9 Å². The van der Waals surface area contributed by atoms with E-state index in [1.165, 1.54) is 108 Å². The summed E-state index contributed by atoms with van der Waals surface area (Å²) in [7, 11) is 12.8. The fraction of sp³-hybridized carbons (Fsp3) is 0.818. The molecule has 4 aliphatic carbocycles. The molecule has 26 nitrogen and oxygen atoms in total. The van der Waals surface area contributed by atoms with E-state index in [1.807, 2.05) is 33.8 Å². The summed E-state index contributed by atoms with van der Waals surface area (Å²) in [4.78, 5) is 194. The van der Waals surface area contributed by atoms with Gasteiger partial charge < -0.3 is 69.5 Å². The number of likely N-dealkylation sites (N-methyl/N-ethyl adjacent to an activating group) is 7. The molecule has 7 aliphatic rings. The molecule has 6 fully saturated rings. The summed E-state index contributed by atoms with van der Waals surface area (Å²) in [5.74, 6) is -10.4. The van der Waals surface area contributed by atoms with Gasteiger partial charge in [0.25, 0.3) is 0 Å². The van der Waals surface area contributed by atoms with Crippen molar-refractivity contribution in [3.8, 4) is 0 Å². The zero-order chi connectivity index (χ0) is 78.6. The van der Waals surface area contributed by atoms with E-state index in [4.69, 9.17) is 9.47 Å². The number of amides is 12. The van der Waals surface area contributed by atoms with Gasteiger partial charge in [-0.25, -0.2) is 0 Å². The second-order valence-corrected chi connectivity index (χ2v) is 33.0. The normalized spacial score (nSPS) is 31.9. The monoisotopic (exact) mass is 1500 g/mol. The first kappa shape index (κ1) is 86.3. The fourth-order valence-electron chi connectivity index (χ4n) is 17.9. The molecule has 0 aromatic rings. The molecule has 7 rings (SSSR count). The molecule has 3 unspecified atom stereocenters. The van der Waals surface area contributed by atoms with Crippen LogP contribution in [0.1, 0.15) is 196 Å². The number of rotatable bonds is 14. The number of halogens is 3. The number of nitrogens with one attached hydrogen (secondary N) is 3. The van der Waals surface area contributed by atoms with E-state index in [0.29, 0.717) is 38.0 Å². The largest absolute Gasteiger partial charge is 0.394 e. The van der Waals surface area contributed by atoms with Crippen LogP contribution < -0.4 is 16.0 Å². The Morgan fingerprint density at radius 2 is 1.32 bits per heavy atom. The topological polar surface area (TPSA) is 289 Å². The Morgan fingerprint density at radius 1 is 0.679 bits per heavy atom. The van der Waals surface area contributed by atoms with Gasteiger partial charge in [-0.1, -0.05) is 105 Å². The van der Waals surface area contributed by atoms with E-state index >= 15 is 28.8 Å². The van der Waals surface area contributed by atoms with Crippen molar-refractivity contribution in [1.82, 2.24) is 60.0 Å². The Morgan fingerprint density at radius 3 is 1.92 bits per heavy atom. The molecule has 598 valence electrons. The molecule has 3 heterocycles. The second kappa shape index (κ2) is 37.5. The highest BCUT2D eigenvalue weighted by Crippen LogP contribution is 2.50. The zero-order valence-electron chi connectivity index (χ0n) is 66.1. The molecule has 3 N–H and O–H groups in total. The predicted molar refractivity (Wildman–Crippen MR) is 391 cm³/mol. The lowest BCUT2D eigenvalue weighted by molar-refractivity contribution is -0.215. The van der Waals surface area contributed by atoms with Gasteiger partial charge in [-0.15, -0.1) is 0 Å². The highest BCUT2D eigenvalue weighted by atomic mass is 19.4.